The van der Waals surface area contributed by atoms with E-state index >= 15 is 0 Å². The quantitative estimate of drug-likeness (QED) is 0.874. The lowest BCUT2D eigenvalue weighted by Gasteiger charge is -2.25. The number of aryl methyl sites for hydroxylation is 1. The second-order valence-electron chi connectivity index (χ2n) is 5.87. The van der Waals surface area contributed by atoms with E-state index in [1.807, 2.05) is 24.3 Å². The topological polar surface area (TPSA) is 34.0 Å². The van der Waals surface area contributed by atoms with Crippen molar-refractivity contribution in [3.63, 3.8) is 0 Å². The van der Waals surface area contributed by atoms with E-state index in [0.717, 1.165) is 37.2 Å². The van der Waals surface area contributed by atoms with Crippen LogP contribution in [0.2, 0.25) is 0 Å². The van der Waals surface area contributed by atoms with Gasteiger partial charge in [0.1, 0.15) is 0 Å². The maximum Gasteiger partial charge on any atom is 0.183 e. The fraction of sp³-hybridized carbons (Fsp3) is 0.389. The summed E-state index contributed by atoms with van der Waals surface area (Å²) in [6, 6.07) is 12.6. The molecule has 1 N–H and O–H groups in total. The molecule has 2 heterocycles. The van der Waals surface area contributed by atoms with E-state index in [4.69, 9.17) is 0 Å². The van der Waals surface area contributed by atoms with Crippen molar-refractivity contribution in [3.05, 3.63) is 59.4 Å². The van der Waals surface area contributed by atoms with Crippen LogP contribution in [0.5, 0.6) is 0 Å². The third kappa shape index (κ3) is 3.24. The number of hydrogen-bond donors (Lipinski definition) is 1. The predicted octanol–water partition coefficient (Wildman–Crippen LogP) is 3.15. The van der Waals surface area contributed by atoms with Crippen molar-refractivity contribution in [2.45, 2.75) is 32.2 Å². The van der Waals surface area contributed by atoms with Gasteiger partial charge in [-0.05, 0) is 50.6 Å². The molecular formula is C18H22N2O. The van der Waals surface area contributed by atoms with Crippen LogP contribution < -0.4 is 5.32 Å². The van der Waals surface area contributed by atoms with Gasteiger partial charge in [0.2, 0.25) is 0 Å². The summed E-state index contributed by atoms with van der Waals surface area (Å²) in [6.45, 7) is 4.14. The van der Waals surface area contributed by atoms with E-state index in [1.54, 1.807) is 0 Å². The molecule has 0 spiro atoms. The smallest absolute Gasteiger partial charge is 0.183 e. The minimum atomic E-state index is 0.211. The van der Waals surface area contributed by atoms with Gasteiger partial charge in [-0.25, -0.2) is 0 Å². The highest BCUT2D eigenvalue weighted by Crippen LogP contribution is 2.22. The number of ketones is 1. The Balaban J connectivity index is 1.75. The molecule has 0 saturated carbocycles. The van der Waals surface area contributed by atoms with Crippen molar-refractivity contribution >= 4 is 5.78 Å². The molecule has 1 aromatic carbocycles. The molecule has 0 atom stereocenters. The SMILES string of the molecule is Cc1ccc(CC(=O)c2cccn2C2CCNCC2)cc1. The van der Waals surface area contributed by atoms with Gasteiger partial charge >= 0.3 is 0 Å². The molecule has 3 nitrogen and oxygen atoms in total. The fourth-order valence-corrected chi connectivity index (χ4v) is 3.02. The molecule has 3 heteroatoms. The maximum atomic E-state index is 12.6. The zero-order valence-electron chi connectivity index (χ0n) is 12.5. The first kappa shape index (κ1) is 14.1. The van der Waals surface area contributed by atoms with Gasteiger partial charge in [0.05, 0.1) is 5.69 Å². The Morgan fingerprint density at radius 3 is 2.62 bits per heavy atom. The summed E-state index contributed by atoms with van der Waals surface area (Å²) < 4.78 is 2.18. The van der Waals surface area contributed by atoms with Gasteiger partial charge < -0.3 is 9.88 Å². The van der Waals surface area contributed by atoms with Crippen LogP contribution in [0.1, 0.15) is 40.5 Å². The highest BCUT2D eigenvalue weighted by molar-refractivity contribution is 5.96. The molecule has 1 fully saturated rings. The summed E-state index contributed by atoms with van der Waals surface area (Å²) >= 11 is 0. The normalized spacial score (nSPS) is 16.0. The van der Waals surface area contributed by atoms with Crippen LogP contribution in [-0.2, 0) is 6.42 Å². The largest absolute Gasteiger partial charge is 0.342 e. The van der Waals surface area contributed by atoms with E-state index in [-0.39, 0.29) is 5.78 Å². The molecule has 1 aromatic heterocycles. The molecule has 1 aliphatic rings. The Morgan fingerprint density at radius 1 is 1.19 bits per heavy atom. The second kappa shape index (κ2) is 6.27. The molecule has 2 aromatic rings. The van der Waals surface area contributed by atoms with Crippen LogP contribution in [0.4, 0.5) is 0 Å². The van der Waals surface area contributed by atoms with Gasteiger partial charge in [-0.15, -0.1) is 0 Å². The molecule has 3 rings (SSSR count). The average molecular weight is 282 g/mol. The predicted molar refractivity (Wildman–Crippen MR) is 84.8 cm³/mol. The minimum Gasteiger partial charge on any atom is -0.342 e. The van der Waals surface area contributed by atoms with E-state index in [2.05, 4.69) is 35.1 Å². The maximum absolute atomic E-state index is 12.6. The standard InChI is InChI=1S/C18H22N2O/c1-14-4-6-15(7-5-14)13-18(21)17-3-2-12-20(17)16-8-10-19-11-9-16/h2-7,12,16,19H,8-11,13H2,1H3. The first-order valence-electron chi connectivity index (χ1n) is 7.70. The van der Waals surface area contributed by atoms with Crippen LogP contribution in [0.15, 0.2) is 42.6 Å². The minimum absolute atomic E-state index is 0.211. The number of nitrogens with one attached hydrogen (secondary N) is 1. The van der Waals surface area contributed by atoms with Gasteiger partial charge in [-0.1, -0.05) is 29.8 Å². The van der Waals surface area contributed by atoms with Crippen molar-refractivity contribution in [3.8, 4) is 0 Å². The van der Waals surface area contributed by atoms with Crippen LogP contribution in [-0.4, -0.2) is 23.4 Å². The van der Waals surface area contributed by atoms with E-state index in [1.165, 1.54) is 5.56 Å². The molecule has 0 aliphatic carbocycles. The monoisotopic (exact) mass is 282 g/mol. The third-order valence-corrected chi connectivity index (χ3v) is 4.25. The average Bonchev–Trinajstić information content (AvgIpc) is 3.00. The third-order valence-electron chi connectivity index (χ3n) is 4.25. The van der Waals surface area contributed by atoms with Gasteiger partial charge in [-0.2, -0.15) is 0 Å². The molecule has 0 radical (unpaired) electrons. The molecule has 1 saturated heterocycles. The van der Waals surface area contributed by atoms with Crippen LogP contribution >= 0.6 is 0 Å². The highest BCUT2D eigenvalue weighted by atomic mass is 16.1. The van der Waals surface area contributed by atoms with E-state index in [9.17, 15) is 4.79 Å². The molecule has 0 amide bonds. The lowest BCUT2D eigenvalue weighted by atomic mass is 10.0. The molecule has 110 valence electrons. The number of benzene rings is 1. The van der Waals surface area contributed by atoms with Crippen LogP contribution in [0, 0.1) is 6.92 Å². The highest BCUT2D eigenvalue weighted by Gasteiger charge is 2.19. The zero-order chi connectivity index (χ0) is 14.7. The van der Waals surface area contributed by atoms with Crippen molar-refractivity contribution in [1.29, 1.82) is 0 Å². The lowest BCUT2D eigenvalue weighted by molar-refractivity contribution is 0.0980. The van der Waals surface area contributed by atoms with Crippen molar-refractivity contribution in [1.82, 2.24) is 9.88 Å². The summed E-state index contributed by atoms with van der Waals surface area (Å²) in [6.07, 6.45) is 4.73. The molecule has 1 aliphatic heterocycles. The van der Waals surface area contributed by atoms with Crippen molar-refractivity contribution in [2.75, 3.05) is 13.1 Å². The molecule has 0 unspecified atom stereocenters. The van der Waals surface area contributed by atoms with Crippen molar-refractivity contribution < 1.29 is 4.79 Å². The number of nitrogens with zero attached hydrogens (tertiary/aromatic N) is 1. The van der Waals surface area contributed by atoms with E-state index < -0.39 is 0 Å². The van der Waals surface area contributed by atoms with Gasteiger partial charge in [-0.3, -0.25) is 4.79 Å². The number of carbonyl (C=O) groups is 1. The van der Waals surface area contributed by atoms with Crippen LogP contribution in [0.3, 0.4) is 0 Å². The summed E-state index contributed by atoms with van der Waals surface area (Å²) in [5.41, 5.74) is 3.16. The Labute approximate surface area is 126 Å². The fourth-order valence-electron chi connectivity index (χ4n) is 3.02. The Morgan fingerprint density at radius 2 is 1.90 bits per heavy atom. The number of hydrogen-bond acceptors (Lipinski definition) is 2. The summed E-state index contributed by atoms with van der Waals surface area (Å²) in [5, 5.41) is 3.37. The first-order valence-corrected chi connectivity index (χ1v) is 7.70. The number of piperidine rings is 1. The Hall–Kier alpha value is -1.87. The summed E-state index contributed by atoms with van der Waals surface area (Å²) in [5.74, 6) is 0.211. The molecule has 0 bridgehead atoms. The van der Waals surface area contributed by atoms with E-state index in [0.29, 0.717) is 12.5 Å². The van der Waals surface area contributed by atoms with Gasteiger partial charge in [0.25, 0.3) is 0 Å². The zero-order valence-corrected chi connectivity index (χ0v) is 12.5. The Kier molecular flexibility index (Phi) is 4.20. The summed E-state index contributed by atoms with van der Waals surface area (Å²) in [4.78, 5) is 12.6. The first-order chi connectivity index (χ1) is 10.2. The number of rotatable bonds is 4. The summed E-state index contributed by atoms with van der Waals surface area (Å²) in [7, 11) is 0. The van der Waals surface area contributed by atoms with Gasteiger partial charge in [0, 0.05) is 18.7 Å². The Bertz CT molecular complexity index is 606. The second-order valence-corrected chi connectivity index (χ2v) is 5.87. The molecule has 21 heavy (non-hydrogen) atoms. The van der Waals surface area contributed by atoms with Gasteiger partial charge in [0.15, 0.2) is 5.78 Å². The van der Waals surface area contributed by atoms with Crippen LogP contribution in [0.25, 0.3) is 0 Å². The van der Waals surface area contributed by atoms with Crippen molar-refractivity contribution in [2.24, 2.45) is 0 Å². The number of Topliss-reactive ketones (excluding diaryl/α,β-unsaturated/α-hetero) is 1. The lowest BCUT2D eigenvalue weighted by Crippen LogP contribution is -2.30. The number of carbonyl (C=O) groups excluding carboxylic acids is 1. The number of aromatic nitrogens is 1. The molecular weight excluding hydrogens is 260 g/mol.